The summed E-state index contributed by atoms with van der Waals surface area (Å²) >= 11 is 0. The summed E-state index contributed by atoms with van der Waals surface area (Å²) in [6, 6.07) is 4.30. The predicted molar refractivity (Wildman–Crippen MR) is 82.7 cm³/mol. The normalized spacial score (nSPS) is 32.1. The van der Waals surface area contributed by atoms with Crippen molar-refractivity contribution in [1.82, 2.24) is 9.55 Å². The number of nitrogen functional groups attached to an aromatic ring is 1. The Labute approximate surface area is 136 Å². The lowest BCUT2D eigenvalue weighted by Crippen LogP contribution is -2.49. The van der Waals surface area contributed by atoms with Gasteiger partial charge in [-0.15, -0.1) is 0 Å². The van der Waals surface area contributed by atoms with Gasteiger partial charge in [-0.3, -0.25) is 19.0 Å². The molecule has 0 aliphatic heterocycles. The van der Waals surface area contributed by atoms with E-state index < -0.39 is 48.7 Å². The molecule has 1 unspecified atom stereocenters. The third-order valence-corrected chi connectivity index (χ3v) is 3.54. The standard InChI is InChI=1S/C16H17N3O3/c1-9-18-12-5-3-4-11(17)14(12)15(22)19(9)16(2)7-6-10(20)8-13(16)21/h3-5H,6-8,17H2,1-2H3/i2D3,6D2,7D2. The number of nitrogens with zero attached hydrogens (tertiary/aromatic N) is 2. The van der Waals surface area contributed by atoms with E-state index in [9.17, 15) is 14.4 Å². The van der Waals surface area contributed by atoms with Crippen LogP contribution in [0.5, 0.6) is 0 Å². The van der Waals surface area contributed by atoms with Gasteiger partial charge >= 0.3 is 0 Å². The second-order valence-electron chi connectivity index (χ2n) is 5.02. The highest BCUT2D eigenvalue weighted by Gasteiger charge is 2.41. The van der Waals surface area contributed by atoms with E-state index in [0.717, 1.165) is 0 Å². The van der Waals surface area contributed by atoms with Crippen LogP contribution >= 0.6 is 0 Å². The maximum atomic E-state index is 13.3. The maximum absolute atomic E-state index is 13.3. The number of fused-ring (bicyclic) bond motifs is 1. The summed E-state index contributed by atoms with van der Waals surface area (Å²) < 4.78 is 56.8. The van der Waals surface area contributed by atoms with Gasteiger partial charge in [0.1, 0.15) is 17.1 Å². The third-order valence-electron chi connectivity index (χ3n) is 3.54. The van der Waals surface area contributed by atoms with E-state index >= 15 is 0 Å². The zero-order valence-electron chi connectivity index (χ0n) is 18.6. The summed E-state index contributed by atoms with van der Waals surface area (Å²) in [4.78, 5) is 42.5. The largest absolute Gasteiger partial charge is 0.398 e. The molecular weight excluding hydrogens is 282 g/mol. The van der Waals surface area contributed by atoms with E-state index in [4.69, 9.17) is 15.3 Å². The fraction of sp³-hybridized carbons (Fsp3) is 0.375. The zero-order chi connectivity index (χ0) is 22.2. The molecule has 1 aromatic carbocycles. The van der Waals surface area contributed by atoms with Crippen molar-refractivity contribution in [2.24, 2.45) is 0 Å². The molecule has 114 valence electrons. The second-order valence-corrected chi connectivity index (χ2v) is 5.02. The van der Waals surface area contributed by atoms with Crippen LogP contribution in [-0.4, -0.2) is 21.1 Å². The summed E-state index contributed by atoms with van der Waals surface area (Å²) in [5, 5.41) is -0.234. The number of Topliss-reactive ketones (excluding diaryl/α,β-unsaturated/α-hetero) is 2. The monoisotopic (exact) mass is 306 g/mol. The topological polar surface area (TPSA) is 95.1 Å². The number of nitrogens with two attached hydrogens (primary N) is 1. The molecule has 0 saturated heterocycles. The molecule has 3 rings (SSSR count). The zero-order valence-corrected chi connectivity index (χ0v) is 11.6. The molecule has 6 heteroatoms. The molecule has 0 amide bonds. The maximum Gasteiger partial charge on any atom is 0.264 e. The number of aryl methyl sites for hydroxylation is 1. The minimum absolute atomic E-state index is 0.0719. The highest BCUT2D eigenvalue weighted by atomic mass is 16.2. The minimum Gasteiger partial charge on any atom is -0.398 e. The number of benzene rings is 1. The molecule has 1 fully saturated rings. The summed E-state index contributed by atoms with van der Waals surface area (Å²) in [6.45, 7) is -2.33. The number of aromatic nitrogens is 2. The van der Waals surface area contributed by atoms with Crippen molar-refractivity contribution in [3.05, 3.63) is 34.4 Å². The quantitative estimate of drug-likeness (QED) is 0.633. The average molecular weight is 306 g/mol. The number of rotatable bonds is 1. The Hall–Kier alpha value is -2.50. The molecule has 1 atom stereocenters. The Morgan fingerprint density at radius 2 is 2.18 bits per heavy atom. The van der Waals surface area contributed by atoms with Crippen LogP contribution in [0.2, 0.25) is 0 Å². The SMILES string of the molecule is [2H]C([2H])([2H])C1(n2c(C)nc3cccc(N)c3c2=O)C(=O)CC(=O)C([2H])([2H])C1([2H])[2H]. The van der Waals surface area contributed by atoms with Crippen molar-refractivity contribution in [3.8, 4) is 0 Å². The van der Waals surface area contributed by atoms with Crippen LogP contribution in [0.3, 0.4) is 0 Å². The van der Waals surface area contributed by atoms with Crippen LogP contribution in [0.25, 0.3) is 10.9 Å². The summed E-state index contributed by atoms with van der Waals surface area (Å²) in [6.07, 6.45) is -8.12. The fourth-order valence-electron chi connectivity index (χ4n) is 2.49. The third kappa shape index (κ3) is 1.94. The van der Waals surface area contributed by atoms with Crippen LogP contribution in [0.15, 0.2) is 23.0 Å². The summed E-state index contributed by atoms with van der Waals surface area (Å²) in [5.74, 6) is -3.15. The Morgan fingerprint density at radius 1 is 1.41 bits per heavy atom. The number of carbonyl (C=O) groups excluding carboxylic acids is 2. The van der Waals surface area contributed by atoms with Crippen LogP contribution in [0.1, 0.15) is 41.4 Å². The number of anilines is 1. The number of hydrogen-bond donors (Lipinski definition) is 1. The molecule has 1 aliphatic carbocycles. The van der Waals surface area contributed by atoms with Gasteiger partial charge in [0.2, 0.25) is 0 Å². The van der Waals surface area contributed by atoms with Crippen molar-refractivity contribution in [3.63, 3.8) is 0 Å². The first kappa shape index (κ1) is 8.22. The first-order valence-electron chi connectivity index (χ1n) is 9.97. The van der Waals surface area contributed by atoms with Crippen LogP contribution in [0.4, 0.5) is 5.69 Å². The molecule has 0 bridgehead atoms. The smallest absolute Gasteiger partial charge is 0.264 e. The fourth-order valence-corrected chi connectivity index (χ4v) is 2.49. The highest BCUT2D eigenvalue weighted by Crippen LogP contribution is 2.30. The number of carbonyl (C=O) groups is 2. The van der Waals surface area contributed by atoms with E-state index in [0.29, 0.717) is 4.57 Å². The van der Waals surface area contributed by atoms with Gasteiger partial charge < -0.3 is 5.73 Å². The van der Waals surface area contributed by atoms with E-state index in [1.165, 1.54) is 25.1 Å². The van der Waals surface area contributed by atoms with Gasteiger partial charge in [0.05, 0.1) is 17.3 Å². The molecule has 1 saturated carbocycles. The molecule has 1 aromatic heterocycles. The van der Waals surface area contributed by atoms with E-state index in [1.807, 2.05) is 0 Å². The first-order chi connectivity index (χ1) is 13.1. The molecule has 1 heterocycles. The predicted octanol–water partition coefficient (Wildman–Crippen LogP) is 1.32. The molecule has 2 N–H and O–H groups in total. The van der Waals surface area contributed by atoms with Crippen molar-refractivity contribution >= 4 is 28.2 Å². The minimum atomic E-state index is -3.59. The van der Waals surface area contributed by atoms with Crippen LogP contribution in [0, 0.1) is 6.92 Å². The van der Waals surface area contributed by atoms with Gasteiger partial charge in [-0.2, -0.15) is 0 Å². The first-order valence-corrected chi connectivity index (χ1v) is 6.47. The van der Waals surface area contributed by atoms with Gasteiger partial charge in [0, 0.05) is 21.7 Å². The molecule has 22 heavy (non-hydrogen) atoms. The second kappa shape index (κ2) is 4.76. The molecule has 0 radical (unpaired) electrons. The Bertz CT molecular complexity index is 1120. The molecule has 0 spiro atoms. The van der Waals surface area contributed by atoms with Gasteiger partial charge in [-0.1, -0.05) is 6.07 Å². The lowest BCUT2D eigenvalue weighted by molar-refractivity contribution is -0.136. The molecule has 2 aromatic rings. The van der Waals surface area contributed by atoms with Crippen molar-refractivity contribution < 1.29 is 19.2 Å². The lowest BCUT2D eigenvalue weighted by Gasteiger charge is -2.34. The Balaban J connectivity index is 2.60. The highest BCUT2D eigenvalue weighted by molar-refractivity contribution is 6.05. The molecular formula is C16H17N3O3. The van der Waals surface area contributed by atoms with Gasteiger partial charge in [0.25, 0.3) is 5.56 Å². The van der Waals surface area contributed by atoms with Crippen molar-refractivity contribution in [2.75, 3.05) is 5.73 Å². The number of ketones is 2. The van der Waals surface area contributed by atoms with E-state index in [-0.39, 0.29) is 22.4 Å². The lowest BCUT2D eigenvalue weighted by atomic mass is 9.81. The molecule has 6 nitrogen and oxygen atoms in total. The summed E-state index contributed by atoms with van der Waals surface area (Å²) in [7, 11) is 0. The van der Waals surface area contributed by atoms with Crippen molar-refractivity contribution in [2.45, 2.75) is 38.5 Å². The van der Waals surface area contributed by atoms with E-state index in [2.05, 4.69) is 4.98 Å². The Kier molecular flexibility index (Phi) is 1.78. The van der Waals surface area contributed by atoms with Gasteiger partial charge in [0.15, 0.2) is 5.78 Å². The van der Waals surface area contributed by atoms with Crippen LogP contribution in [-0.2, 0) is 15.1 Å². The van der Waals surface area contributed by atoms with Gasteiger partial charge in [-0.05, 0) is 32.3 Å². The summed E-state index contributed by atoms with van der Waals surface area (Å²) in [5.41, 5.74) is 1.44. The van der Waals surface area contributed by atoms with Crippen LogP contribution < -0.4 is 11.3 Å². The van der Waals surface area contributed by atoms with E-state index in [1.54, 1.807) is 0 Å². The molecule has 1 aliphatic rings. The Morgan fingerprint density at radius 3 is 2.91 bits per heavy atom. The van der Waals surface area contributed by atoms with Crippen molar-refractivity contribution in [1.29, 1.82) is 0 Å². The number of hydrogen-bond acceptors (Lipinski definition) is 5. The average Bonchev–Trinajstić information content (AvgIpc) is 2.55. The van der Waals surface area contributed by atoms with Gasteiger partial charge in [-0.25, -0.2) is 4.98 Å².